The predicted molar refractivity (Wildman–Crippen MR) is 169 cm³/mol. The van der Waals surface area contributed by atoms with Gasteiger partial charge < -0.3 is 18.8 Å². The van der Waals surface area contributed by atoms with Crippen molar-refractivity contribution in [2.45, 2.75) is 77.5 Å². The first kappa shape index (κ1) is 28.8. The molecule has 2 heterocycles. The van der Waals surface area contributed by atoms with Crippen molar-refractivity contribution in [3.8, 4) is 17.0 Å². The van der Waals surface area contributed by atoms with Gasteiger partial charge in [0.2, 0.25) is 0 Å². The van der Waals surface area contributed by atoms with Crippen molar-refractivity contribution in [3.05, 3.63) is 94.6 Å². The highest BCUT2D eigenvalue weighted by Gasteiger charge is 2.31. The number of carbonyl (C=O) groups is 2. The zero-order chi connectivity index (χ0) is 30.1. The van der Waals surface area contributed by atoms with Crippen molar-refractivity contribution >= 4 is 28.9 Å². The average Bonchev–Trinajstić information content (AvgIpc) is 3.22. The number of fused-ring (bicyclic) bond motifs is 5. The van der Waals surface area contributed by atoms with Crippen LogP contribution in [0, 0.1) is 0 Å². The van der Waals surface area contributed by atoms with Crippen LogP contribution < -0.4 is 4.74 Å². The van der Waals surface area contributed by atoms with E-state index in [1.807, 2.05) is 81.4 Å². The summed E-state index contributed by atoms with van der Waals surface area (Å²) in [7, 11) is 1.41. The highest BCUT2D eigenvalue weighted by molar-refractivity contribution is 6.02. The summed E-state index contributed by atoms with van der Waals surface area (Å²) in [6.07, 6.45) is 7.79. The first-order valence-corrected chi connectivity index (χ1v) is 15.2. The highest BCUT2D eigenvalue weighted by atomic mass is 16.6. The van der Waals surface area contributed by atoms with Gasteiger partial charge in [0.15, 0.2) is 0 Å². The molecule has 0 N–H and O–H groups in total. The number of nitrogens with zero attached hydrogens (tertiary/aromatic N) is 1. The van der Waals surface area contributed by atoms with E-state index in [0.29, 0.717) is 30.2 Å². The van der Waals surface area contributed by atoms with Crippen molar-refractivity contribution in [2.24, 2.45) is 0 Å². The zero-order valence-corrected chi connectivity index (χ0v) is 25.4. The maximum Gasteiger partial charge on any atom is 0.338 e. The fourth-order valence-corrected chi connectivity index (χ4v) is 6.46. The molecule has 1 fully saturated rings. The Morgan fingerprint density at radius 3 is 2.40 bits per heavy atom. The van der Waals surface area contributed by atoms with Crippen molar-refractivity contribution < 1.29 is 23.8 Å². The standard InChI is InChI=1S/C37H39NO5/c1-37(2,3)43-36(40)26-15-17-31-32(21-26)38-22-28(35(39)41-4)19-27-20-29(42-23-24-11-7-5-8-12-24)16-18-30(27)34(38)33(31)25-13-9-6-10-14-25/h5,7-8,11-12,15-21,25H,6,9-10,13-14,22-23H2,1-4H3. The summed E-state index contributed by atoms with van der Waals surface area (Å²) in [6, 6.07) is 22.1. The molecule has 1 aliphatic heterocycles. The van der Waals surface area contributed by atoms with Crippen LogP contribution in [0.4, 0.5) is 0 Å². The van der Waals surface area contributed by atoms with Crippen LogP contribution in [0.3, 0.4) is 0 Å². The minimum Gasteiger partial charge on any atom is -0.489 e. The smallest absolute Gasteiger partial charge is 0.338 e. The van der Waals surface area contributed by atoms with E-state index in [9.17, 15) is 9.59 Å². The average molecular weight is 578 g/mol. The molecule has 6 heteroatoms. The molecule has 43 heavy (non-hydrogen) atoms. The van der Waals surface area contributed by atoms with Gasteiger partial charge in [0.1, 0.15) is 18.0 Å². The molecule has 0 atom stereocenters. The Labute approximate surface area is 253 Å². The summed E-state index contributed by atoms with van der Waals surface area (Å²) in [6.45, 7) is 6.40. The Balaban J connectivity index is 1.52. The molecule has 6 nitrogen and oxygen atoms in total. The normalized spacial score (nSPS) is 15.2. The maximum absolute atomic E-state index is 13.1. The summed E-state index contributed by atoms with van der Waals surface area (Å²) < 4.78 is 19.3. The van der Waals surface area contributed by atoms with Gasteiger partial charge in [-0.15, -0.1) is 0 Å². The van der Waals surface area contributed by atoms with Gasteiger partial charge in [-0.25, -0.2) is 9.59 Å². The largest absolute Gasteiger partial charge is 0.489 e. The third-order valence-corrected chi connectivity index (χ3v) is 8.38. The first-order valence-electron chi connectivity index (χ1n) is 15.2. The lowest BCUT2D eigenvalue weighted by Gasteiger charge is -2.24. The number of methoxy groups -OCH3 is 1. The number of ether oxygens (including phenoxy) is 3. The van der Waals surface area contributed by atoms with E-state index in [1.165, 1.54) is 31.9 Å². The lowest BCUT2D eigenvalue weighted by atomic mass is 9.81. The molecule has 4 aromatic rings. The molecule has 0 bridgehead atoms. The van der Waals surface area contributed by atoms with Crippen LogP contribution in [-0.4, -0.2) is 29.2 Å². The topological polar surface area (TPSA) is 66.8 Å². The molecule has 1 saturated carbocycles. The Morgan fingerprint density at radius 2 is 1.67 bits per heavy atom. The molecule has 6 rings (SSSR count). The molecule has 1 aromatic heterocycles. The van der Waals surface area contributed by atoms with E-state index in [4.69, 9.17) is 14.2 Å². The molecule has 0 radical (unpaired) electrons. The molecule has 0 spiro atoms. The van der Waals surface area contributed by atoms with Gasteiger partial charge in [0, 0.05) is 16.5 Å². The highest BCUT2D eigenvalue weighted by Crippen LogP contribution is 2.47. The second kappa shape index (κ2) is 11.8. The number of aromatic nitrogens is 1. The van der Waals surface area contributed by atoms with E-state index < -0.39 is 5.60 Å². The third kappa shape index (κ3) is 5.96. The number of benzene rings is 3. The fourth-order valence-electron chi connectivity index (χ4n) is 6.46. The molecular formula is C37H39NO5. The van der Waals surface area contributed by atoms with Crippen LogP contribution in [-0.2, 0) is 27.4 Å². The summed E-state index contributed by atoms with van der Waals surface area (Å²) in [5.74, 6) is 0.390. The molecule has 0 unspecified atom stereocenters. The zero-order valence-electron chi connectivity index (χ0n) is 25.4. The van der Waals surface area contributed by atoms with Crippen molar-refractivity contribution in [3.63, 3.8) is 0 Å². The molecule has 222 valence electrons. The van der Waals surface area contributed by atoms with Gasteiger partial charge in [-0.1, -0.05) is 55.7 Å². The summed E-state index contributed by atoms with van der Waals surface area (Å²) in [4.78, 5) is 26.2. The first-order chi connectivity index (χ1) is 20.7. The van der Waals surface area contributed by atoms with E-state index in [0.717, 1.165) is 51.9 Å². The fraction of sp³-hybridized carbons (Fsp3) is 0.351. The summed E-state index contributed by atoms with van der Waals surface area (Å²) in [5.41, 5.74) is 6.79. The van der Waals surface area contributed by atoms with E-state index >= 15 is 0 Å². The number of carbonyl (C=O) groups excluding carboxylic acids is 2. The molecule has 0 saturated heterocycles. The quantitative estimate of drug-likeness (QED) is 0.215. The lowest BCUT2D eigenvalue weighted by Crippen LogP contribution is -2.23. The van der Waals surface area contributed by atoms with Crippen LogP contribution in [0.5, 0.6) is 5.75 Å². The third-order valence-electron chi connectivity index (χ3n) is 8.38. The maximum atomic E-state index is 13.1. The lowest BCUT2D eigenvalue weighted by molar-refractivity contribution is -0.136. The molecule has 0 amide bonds. The Morgan fingerprint density at radius 1 is 0.907 bits per heavy atom. The Bertz CT molecular complexity index is 1700. The molecular weight excluding hydrogens is 538 g/mol. The van der Waals surface area contributed by atoms with Gasteiger partial charge in [0.25, 0.3) is 0 Å². The second-order valence-corrected chi connectivity index (χ2v) is 12.6. The van der Waals surface area contributed by atoms with E-state index in [1.54, 1.807) is 0 Å². The van der Waals surface area contributed by atoms with Crippen LogP contribution in [0.15, 0.2) is 72.3 Å². The second-order valence-electron chi connectivity index (χ2n) is 12.6. The van der Waals surface area contributed by atoms with Crippen molar-refractivity contribution in [1.82, 2.24) is 4.57 Å². The molecule has 2 aliphatic rings. The summed E-state index contributed by atoms with van der Waals surface area (Å²) >= 11 is 0. The Hall–Kier alpha value is -4.32. The van der Waals surface area contributed by atoms with Gasteiger partial charge in [0.05, 0.1) is 30.5 Å². The van der Waals surface area contributed by atoms with E-state index in [-0.39, 0.29) is 11.9 Å². The van der Waals surface area contributed by atoms with Crippen LogP contribution >= 0.6 is 0 Å². The Kier molecular flexibility index (Phi) is 7.87. The SMILES string of the molecule is COC(=O)C1=Cc2cc(OCc3ccccc3)ccc2-c2c(C3CCCCC3)c3ccc(C(=O)OC(C)(C)C)cc3n2C1. The van der Waals surface area contributed by atoms with Gasteiger partial charge in [-0.3, -0.25) is 0 Å². The number of hydrogen-bond donors (Lipinski definition) is 0. The van der Waals surface area contributed by atoms with Crippen LogP contribution in [0.1, 0.15) is 85.8 Å². The van der Waals surface area contributed by atoms with Crippen LogP contribution in [0.2, 0.25) is 0 Å². The van der Waals surface area contributed by atoms with Crippen LogP contribution in [0.25, 0.3) is 28.2 Å². The molecule has 1 aliphatic carbocycles. The number of hydrogen-bond acceptors (Lipinski definition) is 5. The van der Waals surface area contributed by atoms with Gasteiger partial charge in [-0.05, 0) is 92.6 Å². The van der Waals surface area contributed by atoms with E-state index in [2.05, 4.69) is 16.7 Å². The van der Waals surface area contributed by atoms with Gasteiger partial charge >= 0.3 is 11.9 Å². The summed E-state index contributed by atoms with van der Waals surface area (Å²) in [5, 5.41) is 1.12. The number of rotatable bonds is 6. The monoisotopic (exact) mass is 577 g/mol. The minimum atomic E-state index is -0.602. The minimum absolute atomic E-state index is 0.331. The predicted octanol–water partition coefficient (Wildman–Crippen LogP) is 8.46. The molecule has 3 aromatic carbocycles. The van der Waals surface area contributed by atoms with Crippen molar-refractivity contribution in [1.29, 1.82) is 0 Å². The van der Waals surface area contributed by atoms with Gasteiger partial charge in [-0.2, -0.15) is 0 Å². The number of esters is 2. The van der Waals surface area contributed by atoms with Crippen molar-refractivity contribution in [2.75, 3.05) is 7.11 Å².